The van der Waals surface area contributed by atoms with Crippen LogP contribution in [0.15, 0.2) is 24.3 Å². The van der Waals surface area contributed by atoms with Crippen LogP contribution in [0.2, 0.25) is 0 Å². The molecule has 1 atom stereocenters. The Hall–Kier alpha value is -2.04. The van der Waals surface area contributed by atoms with E-state index >= 15 is 0 Å². The average Bonchev–Trinajstić information content (AvgIpc) is 2.37. The Kier molecular flexibility index (Phi) is 2.98. The number of carbonyl (C=O) groups excluding carboxylic acids is 2. The van der Waals surface area contributed by atoms with Gasteiger partial charge in [-0.25, -0.2) is 9.69 Å². The highest BCUT2D eigenvalue weighted by Crippen LogP contribution is 2.30. The van der Waals surface area contributed by atoms with Gasteiger partial charge in [0, 0.05) is 12.2 Å². The van der Waals surface area contributed by atoms with E-state index in [-0.39, 0.29) is 11.9 Å². The van der Waals surface area contributed by atoms with Gasteiger partial charge in [0.1, 0.15) is 0 Å². The Balaban J connectivity index is 2.38. The number of anilines is 2. The molecule has 1 heterocycles. The van der Waals surface area contributed by atoms with E-state index in [1.54, 1.807) is 24.3 Å². The molecule has 2 rings (SSSR count). The highest BCUT2D eigenvalue weighted by Gasteiger charge is 2.42. The van der Waals surface area contributed by atoms with Crippen LogP contribution in [0.25, 0.3) is 0 Å². The van der Waals surface area contributed by atoms with Gasteiger partial charge in [0.05, 0.1) is 11.1 Å². The number of benzene rings is 1. The summed E-state index contributed by atoms with van der Waals surface area (Å²) in [4.78, 5) is 25.5. The number of nitrogens with one attached hydrogen (secondary N) is 1. The number of imide groups is 1. The summed E-state index contributed by atoms with van der Waals surface area (Å²) >= 11 is 0. The van der Waals surface area contributed by atoms with Crippen molar-refractivity contribution < 1.29 is 9.59 Å². The molecule has 0 aromatic heterocycles. The molecule has 1 saturated heterocycles. The SMILES string of the molecule is CCC1(C)CNC(=O)N(c2ccc(N)cc2)C1=O. The zero-order chi connectivity index (χ0) is 13.3. The standard InChI is InChI=1S/C13H17N3O2/c1-3-13(2)8-15-12(18)16(11(13)17)10-6-4-9(14)5-7-10/h4-7H,3,8,14H2,1-2H3,(H,15,18). The first-order valence-corrected chi connectivity index (χ1v) is 5.96. The Morgan fingerprint density at radius 2 is 1.94 bits per heavy atom. The Morgan fingerprint density at radius 3 is 2.50 bits per heavy atom. The van der Waals surface area contributed by atoms with E-state index in [0.717, 1.165) is 0 Å². The first-order valence-electron chi connectivity index (χ1n) is 5.96. The van der Waals surface area contributed by atoms with E-state index in [1.165, 1.54) is 4.90 Å². The minimum absolute atomic E-state index is 0.168. The van der Waals surface area contributed by atoms with Crippen LogP contribution in [0, 0.1) is 5.41 Å². The zero-order valence-corrected chi connectivity index (χ0v) is 10.6. The van der Waals surface area contributed by atoms with Crippen LogP contribution >= 0.6 is 0 Å². The number of amides is 3. The summed E-state index contributed by atoms with van der Waals surface area (Å²) in [6, 6.07) is 6.32. The second kappa shape index (κ2) is 4.33. The topological polar surface area (TPSA) is 75.4 Å². The quantitative estimate of drug-likeness (QED) is 0.782. The fraction of sp³-hybridized carbons (Fsp3) is 0.385. The molecule has 96 valence electrons. The third-order valence-corrected chi connectivity index (χ3v) is 3.48. The lowest BCUT2D eigenvalue weighted by Gasteiger charge is -2.37. The maximum atomic E-state index is 12.4. The molecule has 1 unspecified atom stereocenters. The lowest BCUT2D eigenvalue weighted by Crippen LogP contribution is -2.59. The van der Waals surface area contributed by atoms with Crippen molar-refractivity contribution in [3.05, 3.63) is 24.3 Å². The van der Waals surface area contributed by atoms with Crippen LogP contribution in [0.3, 0.4) is 0 Å². The van der Waals surface area contributed by atoms with Crippen molar-refractivity contribution in [2.75, 3.05) is 17.2 Å². The van der Waals surface area contributed by atoms with Crippen LogP contribution in [-0.2, 0) is 4.79 Å². The van der Waals surface area contributed by atoms with Gasteiger partial charge in [-0.05, 0) is 37.6 Å². The highest BCUT2D eigenvalue weighted by molar-refractivity contribution is 6.17. The van der Waals surface area contributed by atoms with Gasteiger partial charge in [-0.3, -0.25) is 4.79 Å². The molecule has 0 bridgehead atoms. The van der Waals surface area contributed by atoms with Crippen molar-refractivity contribution in [1.82, 2.24) is 5.32 Å². The van der Waals surface area contributed by atoms with Crippen LogP contribution < -0.4 is 16.0 Å². The van der Waals surface area contributed by atoms with E-state index in [4.69, 9.17) is 5.73 Å². The largest absolute Gasteiger partial charge is 0.399 e. The van der Waals surface area contributed by atoms with E-state index in [1.807, 2.05) is 13.8 Å². The molecule has 5 nitrogen and oxygen atoms in total. The number of carbonyl (C=O) groups is 2. The Morgan fingerprint density at radius 1 is 1.33 bits per heavy atom. The third-order valence-electron chi connectivity index (χ3n) is 3.48. The molecule has 3 N–H and O–H groups in total. The number of rotatable bonds is 2. The van der Waals surface area contributed by atoms with E-state index in [0.29, 0.717) is 24.3 Å². The number of hydrogen-bond donors (Lipinski definition) is 2. The van der Waals surface area contributed by atoms with Crippen LogP contribution in [-0.4, -0.2) is 18.5 Å². The summed E-state index contributed by atoms with van der Waals surface area (Å²) in [7, 11) is 0. The van der Waals surface area contributed by atoms with Gasteiger partial charge in [0.25, 0.3) is 0 Å². The lowest BCUT2D eigenvalue weighted by atomic mass is 9.84. The van der Waals surface area contributed by atoms with E-state index in [2.05, 4.69) is 5.32 Å². The molecule has 1 fully saturated rings. The fourth-order valence-electron chi connectivity index (χ4n) is 1.92. The van der Waals surface area contributed by atoms with Gasteiger partial charge in [0.15, 0.2) is 0 Å². The van der Waals surface area contributed by atoms with Gasteiger partial charge in [-0.1, -0.05) is 6.92 Å². The van der Waals surface area contributed by atoms with E-state index in [9.17, 15) is 9.59 Å². The zero-order valence-electron chi connectivity index (χ0n) is 10.6. The highest BCUT2D eigenvalue weighted by atomic mass is 16.2. The molecule has 0 spiro atoms. The molecule has 5 heteroatoms. The molecule has 18 heavy (non-hydrogen) atoms. The smallest absolute Gasteiger partial charge is 0.328 e. The molecule has 1 aliphatic heterocycles. The summed E-state index contributed by atoms with van der Waals surface area (Å²) in [5.41, 5.74) is 6.20. The van der Waals surface area contributed by atoms with Crippen LogP contribution in [0.5, 0.6) is 0 Å². The molecule has 1 aliphatic rings. The normalized spacial score (nSPS) is 24.0. The molecular weight excluding hydrogens is 230 g/mol. The number of hydrogen-bond acceptors (Lipinski definition) is 3. The number of nitrogens with zero attached hydrogens (tertiary/aromatic N) is 1. The van der Waals surface area contributed by atoms with E-state index < -0.39 is 5.41 Å². The Labute approximate surface area is 106 Å². The molecule has 0 saturated carbocycles. The summed E-state index contributed by atoms with van der Waals surface area (Å²) < 4.78 is 0. The van der Waals surface area contributed by atoms with Crippen molar-refractivity contribution in [3.63, 3.8) is 0 Å². The van der Waals surface area contributed by atoms with Crippen molar-refractivity contribution >= 4 is 23.3 Å². The first-order chi connectivity index (χ1) is 8.48. The minimum atomic E-state index is -0.546. The molecule has 1 aromatic rings. The molecule has 0 radical (unpaired) electrons. The second-order valence-corrected chi connectivity index (χ2v) is 4.81. The number of nitrogens with two attached hydrogens (primary N) is 1. The molecular formula is C13H17N3O2. The number of urea groups is 1. The fourth-order valence-corrected chi connectivity index (χ4v) is 1.92. The van der Waals surface area contributed by atoms with Crippen molar-refractivity contribution in [2.24, 2.45) is 5.41 Å². The van der Waals surface area contributed by atoms with Gasteiger partial charge < -0.3 is 11.1 Å². The van der Waals surface area contributed by atoms with Crippen molar-refractivity contribution in [2.45, 2.75) is 20.3 Å². The second-order valence-electron chi connectivity index (χ2n) is 4.81. The molecule has 1 aromatic carbocycles. The summed E-state index contributed by atoms with van der Waals surface area (Å²) in [6.07, 6.45) is 0.678. The summed E-state index contributed by atoms with van der Waals surface area (Å²) in [5, 5.41) is 2.75. The van der Waals surface area contributed by atoms with Crippen LogP contribution in [0.1, 0.15) is 20.3 Å². The summed E-state index contributed by atoms with van der Waals surface area (Å²) in [5.74, 6) is -0.168. The predicted molar refractivity (Wildman–Crippen MR) is 70.1 cm³/mol. The lowest BCUT2D eigenvalue weighted by molar-refractivity contribution is -0.127. The molecule has 3 amide bonds. The molecule has 0 aliphatic carbocycles. The van der Waals surface area contributed by atoms with Gasteiger partial charge in [-0.2, -0.15) is 0 Å². The maximum absolute atomic E-state index is 12.4. The predicted octanol–water partition coefficient (Wildman–Crippen LogP) is 1.74. The third kappa shape index (κ3) is 1.92. The first kappa shape index (κ1) is 12.4. The average molecular weight is 247 g/mol. The maximum Gasteiger partial charge on any atom is 0.328 e. The van der Waals surface area contributed by atoms with Crippen LogP contribution in [0.4, 0.5) is 16.2 Å². The Bertz CT molecular complexity index is 484. The minimum Gasteiger partial charge on any atom is -0.399 e. The van der Waals surface area contributed by atoms with Gasteiger partial charge >= 0.3 is 6.03 Å². The summed E-state index contributed by atoms with van der Waals surface area (Å²) in [6.45, 7) is 4.18. The number of nitrogen functional groups attached to an aromatic ring is 1. The monoisotopic (exact) mass is 247 g/mol. The van der Waals surface area contributed by atoms with Crippen molar-refractivity contribution in [3.8, 4) is 0 Å². The van der Waals surface area contributed by atoms with Gasteiger partial charge in [-0.15, -0.1) is 0 Å². The van der Waals surface area contributed by atoms with Gasteiger partial charge in [0.2, 0.25) is 5.91 Å². The van der Waals surface area contributed by atoms with Crippen molar-refractivity contribution in [1.29, 1.82) is 0 Å².